The van der Waals surface area contributed by atoms with E-state index in [2.05, 4.69) is 9.97 Å². The fraction of sp³-hybridized carbons (Fsp3) is 0.447. The van der Waals surface area contributed by atoms with Crippen LogP contribution < -0.4 is 20.9 Å². The highest BCUT2D eigenvalue weighted by atomic mass is 32.2. The molecule has 0 bridgehead atoms. The van der Waals surface area contributed by atoms with Gasteiger partial charge in [-0.15, -0.1) is 0 Å². The molecule has 4 heterocycles. The minimum absolute atomic E-state index is 0.0150. The molecule has 16 nitrogen and oxygen atoms in total. The minimum Gasteiger partial charge on any atom is -0.396 e. The van der Waals surface area contributed by atoms with Gasteiger partial charge in [-0.05, 0) is 54.7 Å². The van der Waals surface area contributed by atoms with Gasteiger partial charge in [0.2, 0.25) is 20.0 Å². The largest absolute Gasteiger partial charge is 0.396 e. The van der Waals surface area contributed by atoms with Gasteiger partial charge in [0, 0.05) is 77.8 Å². The summed E-state index contributed by atoms with van der Waals surface area (Å²) in [5.41, 5.74) is 2.21. The zero-order chi connectivity index (χ0) is 42.0. The third-order valence-corrected chi connectivity index (χ3v) is 12.3. The van der Waals surface area contributed by atoms with Gasteiger partial charge in [-0.2, -0.15) is 8.61 Å². The van der Waals surface area contributed by atoms with Gasteiger partial charge >= 0.3 is 0 Å². The van der Waals surface area contributed by atoms with E-state index in [0.717, 1.165) is 23.7 Å². The molecular formula is C38H48F2N8O8S2. The zero-order valence-electron chi connectivity index (χ0n) is 32.4. The van der Waals surface area contributed by atoms with E-state index in [-0.39, 0.29) is 73.6 Å². The van der Waals surface area contributed by atoms with Crippen molar-refractivity contribution in [2.45, 2.75) is 38.8 Å². The Morgan fingerprint density at radius 3 is 1.36 bits per heavy atom. The number of aromatic nitrogens is 4. The van der Waals surface area contributed by atoms with Gasteiger partial charge < -0.3 is 28.8 Å². The number of aldehydes is 1. The zero-order valence-corrected chi connectivity index (χ0v) is 34.0. The maximum atomic E-state index is 13.2. The Balaban J connectivity index is 0.000000221. The molecule has 0 aliphatic carbocycles. The molecule has 2 aliphatic rings. The van der Waals surface area contributed by atoms with Crippen LogP contribution >= 0.6 is 0 Å². The maximum Gasteiger partial charge on any atom is 0.293 e. The summed E-state index contributed by atoms with van der Waals surface area (Å²) in [5, 5.41) is 9.13. The average Bonchev–Trinajstić information content (AvgIpc) is 3.19. The molecule has 314 valence electrons. The molecule has 2 aromatic carbocycles. The summed E-state index contributed by atoms with van der Waals surface area (Å²) >= 11 is 0. The number of halogens is 2. The number of aryl methyl sites for hydroxylation is 2. The van der Waals surface area contributed by atoms with Crippen LogP contribution in [0.5, 0.6) is 0 Å². The molecule has 2 saturated heterocycles. The van der Waals surface area contributed by atoms with E-state index >= 15 is 0 Å². The second-order valence-corrected chi connectivity index (χ2v) is 18.0. The fourth-order valence-electron chi connectivity index (χ4n) is 6.55. The van der Waals surface area contributed by atoms with Gasteiger partial charge in [0.25, 0.3) is 11.1 Å². The van der Waals surface area contributed by atoms with Gasteiger partial charge in [0.1, 0.15) is 17.9 Å². The van der Waals surface area contributed by atoms with Crippen LogP contribution in [0, 0.1) is 11.6 Å². The second-order valence-electron chi connectivity index (χ2n) is 14.1. The van der Waals surface area contributed by atoms with Crippen LogP contribution in [0.25, 0.3) is 0 Å². The molecule has 0 unspecified atom stereocenters. The number of carbonyl (C=O) groups is 1. The van der Waals surface area contributed by atoms with Gasteiger partial charge in [-0.3, -0.25) is 9.59 Å². The Bertz CT molecular complexity index is 2360. The van der Waals surface area contributed by atoms with Crippen molar-refractivity contribution >= 4 is 38.0 Å². The van der Waals surface area contributed by atoms with E-state index in [1.165, 1.54) is 48.3 Å². The first-order valence-corrected chi connectivity index (χ1v) is 22.4. The summed E-state index contributed by atoms with van der Waals surface area (Å²) in [6, 6.07) is 11.8. The summed E-state index contributed by atoms with van der Waals surface area (Å²) in [5.74, 6) is -0.185. The van der Waals surface area contributed by atoms with E-state index in [1.807, 2.05) is 0 Å². The number of carbonyl (C=O) groups excluding carboxylic acids is 1. The molecule has 20 heteroatoms. The quantitative estimate of drug-likeness (QED) is 0.178. The average molecular weight is 847 g/mol. The van der Waals surface area contributed by atoms with Gasteiger partial charge in [-0.1, -0.05) is 24.3 Å². The molecule has 2 fully saturated rings. The molecule has 0 saturated carbocycles. The van der Waals surface area contributed by atoms with Crippen LogP contribution in [0.4, 0.5) is 20.4 Å². The number of benzene rings is 2. The Morgan fingerprint density at radius 1 is 0.638 bits per heavy atom. The van der Waals surface area contributed by atoms with Crippen LogP contribution in [0.3, 0.4) is 0 Å². The molecule has 1 N–H and O–H groups in total. The highest BCUT2D eigenvalue weighted by Crippen LogP contribution is 2.16. The summed E-state index contributed by atoms with van der Waals surface area (Å²) < 4.78 is 79.0. The lowest BCUT2D eigenvalue weighted by Gasteiger charge is -2.33. The first kappa shape index (κ1) is 44.2. The topological polar surface area (TPSA) is 188 Å². The first-order valence-electron chi connectivity index (χ1n) is 18.7. The van der Waals surface area contributed by atoms with Gasteiger partial charge in [-0.25, -0.2) is 35.6 Å². The highest BCUT2D eigenvalue weighted by Gasteiger charge is 2.28. The number of piperazine rings is 2. The highest BCUT2D eigenvalue weighted by molar-refractivity contribution is 7.88. The smallest absolute Gasteiger partial charge is 0.293 e. The summed E-state index contributed by atoms with van der Waals surface area (Å²) in [6.45, 7) is 3.10. The number of hydrogen-bond acceptors (Lipinski definition) is 12. The molecule has 0 radical (unpaired) electrons. The third-order valence-electron chi connectivity index (χ3n) is 9.67. The van der Waals surface area contributed by atoms with E-state index < -0.39 is 20.0 Å². The molecule has 0 atom stereocenters. The van der Waals surface area contributed by atoms with Crippen LogP contribution in [-0.4, -0.2) is 127 Å². The number of nitrogens with zero attached hydrogens (tertiary/aromatic N) is 8. The molecule has 0 spiro atoms. The minimum atomic E-state index is -3.28. The second kappa shape index (κ2) is 19.7. The molecule has 0 amide bonds. The van der Waals surface area contributed by atoms with Crippen LogP contribution in [0.15, 0.2) is 70.5 Å². The number of sulfonamides is 2. The summed E-state index contributed by atoms with van der Waals surface area (Å²) in [7, 11) is -6.55. The van der Waals surface area contributed by atoms with Crippen molar-refractivity contribution in [3.63, 3.8) is 0 Å². The number of hydrogen-bond donors (Lipinski definition) is 1. The number of anilines is 2. The lowest BCUT2D eigenvalue weighted by atomic mass is 10.2. The van der Waals surface area contributed by atoms with Crippen molar-refractivity contribution in [1.29, 1.82) is 0 Å². The molecule has 6 rings (SSSR count). The lowest BCUT2D eigenvalue weighted by Crippen LogP contribution is -2.50. The molecular weight excluding hydrogens is 799 g/mol. The number of rotatable bonds is 14. The SMILES string of the molecule is CS(=O)(=O)N1CCN(c2nc(CCC=O)cn(Cc3ccc(F)cc3)c2=O)CC1.CS(=O)(=O)N1CCN(c2nc(CCCO)cn(Cc3ccc(F)cc3)c2=O)CC1. The third kappa shape index (κ3) is 12.1. The Hall–Kier alpha value is -4.89. The van der Waals surface area contributed by atoms with Crippen LogP contribution in [0.1, 0.15) is 35.4 Å². The van der Waals surface area contributed by atoms with E-state index in [1.54, 1.807) is 46.5 Å². The molecule has 4 aromatic rings. The van der Waals surface area contributed by atoms with Crippen LogP contribution in [0.2, 0.25) is 0 Å². The predicted octanol–water partition coefficient (Wildman–Crippen LogP) is 1.08. The van der Waals surface area contributed by atoms with E-state index in [0.29, 0.717) is 69.9 Å². The Labute approximate surface area is 336 Å². The van der Waals surface area contributed by atoms with Crippen molar-refractivity contribution in [3.05, 3.63) is 116 Å². The van der Waals surface area contributed by atoms with Gasteiger partial charge in [0.15, 0.2) is 11.6 Å². The summed E-state index contributed by atoms with van der Waals surface area (Å²) in [4.78, 5) is 49.3. The molecule has 2 aliphatic heterocycles. The van der Waals surface area contributed by atoms with Crippen molar-refractivity contribution in [1.82, 2.24) is 27.7 Å². The van der Waals surface area contributed by atoms with E-state index in [9.17, 15) is 40.0 Å². The van der Waals surface area contributed by atoms with Crippen molar-refractivity contribution < 1.29 is 35.5 Å². The maximum absolute atomic E-state index is 13.2. The Kier molecular flexibility index (Phi) is 15.0. The van der Waals surface area contributed by atoms with E-state index in [4.69, 9.17) is 5.11 Å². The standard InChI is InChI=1S/C19H25FN4O4S.C19H23FN4O4S/c2*1-29(27,28)24-10-8-22(9-11-24)18-19(26)23(14-17(21-18)3-2-12-25)13-15-4-6-16(20)7-5-15/h4-7,14,25H,2-3,8-13H2,1H3;4-7,12,14H,2-3,8-11,13H2,1H3. The van der Waals surface area contributed by atoms with Gasteiger partial charge in [0.05, 0.1) is 37.0 Å². The molecule has 2 aromatic heterocycles. The monoisotopic (exact) mass is 846 g/mol. The Morgan fingerprint density at radius 2 is 1.02 bits per heavy atom. The van der Waals surface area contributed by atoms with Crippen molar-refractivity contribution in [2.24, 2.45) is 0 Å². The van der Waals surface area contributed by atoms with Crippen molar-refractivity contribution in [3.8, 4) is 0 Å². The first-order chi connectivity index (χ1) is 27.5. The number of aliphatic hydroxyl groups is 1. The summed E-state index contributed by atoms with van der Waals surface area (Å²) in [6.07, 6.45) is 8.11. The predicted molar refractivity (Wildman–Crippen MR) is 215 cm³/mol. The molecule has 58 heavy (non-hydrogen) atoms. The normalized spacial score (nSPS) is 15.5. The number of aliphatic hydroxyl groups excluding tert-OH is 1. The van der Waals surface area contributed by atoms with Crippen molar-refractivity contribution in [2.75, 3.05) is 81.3 Å². The van der Waals surface area contributed by atoms with Crippen LogP contribution in [-0.2, 0) is 50.8 Å². The fourth-order valence-corrected chi connectivity index (χ4v) is 8.20. The lowest BCUT2D eigenvalue weighted by molar-refractivity contribution is -0.107.